The Bertz CT molecular complexity index is 1100. The molecule has 0 unspecified atom stereocenters. The number of pyridine rings is 1. The largest absolute Gasteiger partial charge is 0.497 e. The number of hydrogen-bond acceptors (Lipinski definition) is 6. The Morgan fingerprint density at radius 1 is 1.03 bits per heavy atom. The normalized spacial score (nSPS) is 13.9. The molecule has 30 heavy (non-hydrogen) atoms. The van der Waals surface area contributed by atoms with Gasteiger partial charge in [0.05, 0.1) is 12.8 Å². The van der Waals surface area contributed by atoms with Gasteiger partial charge in [0.1, 0.15) is 23.5 Å². The number of methoxy groups -OCH3 is 1. The minimum Gasteiger partial charge on any atom is -0.497 e. The first-order valence-electron chi connectivity index (χ1n) is 9.73. The number of aromatic nitrogens is 3. The van der Waals surface area contributed by atoms with Crippen LogP contribution in [0.1, 0.15) is 10.4 Å². The Morgan fingerprint density at radius 3 is 2.47 bits per heavy atom. The van der Waals surface area contributed by atoms with Crippen LogP contribution in [-0.2, 0) is 7.05 Å². The molecule has 1 saturated heterocycles. The quantitative estimate of drug-likeness (QED) is 0.659. The lowest BCUT2D eigenvalue weighted by atomic mass is 10.1. The standard InChI is InChI=1S/C22H23N5O3/c1-25-9-3-4-18(21(25)28)22(29)27-12-10-26(11-13-27)20-14-19(23-15-24-20)16-5-7-17(30-2)8-6-16/h3-9,14-15H,10-13H2,1-2H3. The van der Waals surface area contributed by atoms with Gasteiger partial charge in [-0.3, -0.25) is 9.59 Å². The Labute approximate surface area is 174 Å². The van der Waals surface area contributed by atoms with E-state index in [1.807, 2.05) is 30.3 Å². The maximum Gasteiger partial charge on any atom is 0.263 e. The van der Waals surface area contributed by atoms with Gasteiger partial charge < -0.3 is 19.1 Å². The van der Waals surface area contributed by atoms with Crippen molar-refractivity contribution in [1.29, 1.82) is 0 Å². The summed E-state index contributed by atoms with van der Waals surface area (Å²) in [5, 5.41) is 0. The predicted octanol–water partition coefficient (Wildman–Crippen LogP) is 1.81. The van der Waals surface area contributed by atoms with Crippen LogP contribution in [0.5, 0.6) is 5.75 Å². The molecule has 0 aliphatic carbocycles. The van der Waals surface area contributed by atoms with Crippen LogP contribution in [0, 0.1) is 0 Å². The minimum absolute atomic E-state index is 0.206. The number of nitrogens with zero attached hydrogens (tertiary/aromatic N) is 5. The van der Waals surface area contributed by atoms with Crippen LogP contribution in [-0.4, -0.2) is 58.6 Å². The first-order valence-corrected chi connectivity index (χ1v) is 9.73. The molecule has 8 nitrogen and oxygen atoms in total. The molecule has 0 N–H and O–H groups in total. The number of hydrogen-bond donors (Lipinski definition) is 0. The molecule has 0 saturated carbocycles. The number of amides is 1. The third kappa shape index (κ3) is 3.89. The second-order valence-corrected chi connectivity index (χ2v) is 7.11. The van der Waals surface area contributed by atoms with Gasteiger partial charge in [0.2, 0.25) is 0 Å². The number of aryl methyl sites for hydroxylation is 1. The van der Waals surface area contributed by atoms with E-state index >= 15 is 0 Å². The first-order chi connectivity index (χ1) is 14.6. The number of carbonyl (C=O) groups is 1. The van der Waals surface area contributed by atoms with E-state index in [-0.39, 0.29) is 17.0 Å². The summed E-state index contributed by atoms with van der Waals surface area (Å²) in [7, 11) is 3.28. The topological polar surface area (TPSA) is 80.6 Å². The van der Waals surface area contributed by atoms with Crippen LogP contribution in [0.3, 0.4) is 0 Å². The van der Waals surface area contributed by atoms with Crippen molar-refractivity contribution in [2.75, 3.05) is 38.2 Å². The van der Waals surface area contributed by atoms with Crippen molar-refractivity contribution in [1.82, 2.24) is 19.4 Å². The van der Waals surface area contributed by atoms with E-state index in [2.05, 4.69) is 14.9 Å². The molecule has 0 spiro atoms. The molecule has 3 heterocycles. The molecule has 8 heteroatoms. The molecule has 2 aromatic heterocycles. The second kappa shape index (κ2) is 8.36. The highest BCUT2D eigenvalue weighted by Crippen LogP contribution is 2.23. The summed E-state index contributed by atoms with van der Waals surface area (Å²) < 4.78 is 6.63. The zero-order valence-electron chi connectivity index (χ0n) is 17.0. The highest BCUT2D eigenvalue weighted by Gasteiger charge is 2.25. The van der Waals surface area contributed by atoms with Crippen molar-refractivity contribution >= 4 is 11.7 Å². The van der Waals surface area contributed by atoms with Gasteiger partial charge in [-0.15, -0.1) is 0 Å². The Balaban J connectivity index is 1.46. The van der Waals surface area contributed by atoms with Crippen LogP contribution >= 0.6 is 0 Å². The average Bonchev–Trinajstić information content (AvgIpc) is 2.81. The molecule has 3 aromatic rings. The Hall–Kier alpha value is -3.68. The predicted molar refractivity (Wildman–Crippen MR) is 114 cm³/mol. The van der Waals surface area contributed by atoms with E-state index in [0.717, 1.165) is 22.8 Å². The van der Waals surface area contributed by atoms with Gasteiger partial charge >= 0.3 is 0 Å². The van der Waals surface area contributed by atoms with Crippen molar-refractivity contribution in [3.63, 3.8) is 0 Å². The summed E-state index contributed by atoms with van der Waals surface area (Å²) in [6, 6.07) is 13.0. The molecule has 0 atom stereocenters. The van der Waals surface area contributed by atoms with Gasteiger partial charge in [0, 0.05) is 51.1 Å². The van der Waals surface area contributed by atoms with E-state index in [0.29, 0.717) is 26.2 Å². The number of ether oxygens (including phenoxy) is 1. The average molecular weight is 405 g/mol. The summed E-state index contributed by atoms with van der Waals surface area (Å²) in [5.74, 6) is 1.39. The zero-order chi connectivity index (χ0) is 21.1. The number of benzene rings is 1. The highest BCUT2D eigenvalue weighted by molar-refractivity contribution is 5.94. The van der Waals surface area contributed by atoms with E-state index in [4.69, 9.17) is 4.74 Å². The third-order valence-electron chi connectivity index (χ3n) is 5.28. The SMILES string of the molecule is COc1ccc(-c2cc(N3CCN(C(=O)c4cccn(C)c4=O)CC3)ncn2)cc1. The van der Waals surface area contributed by atoms with E-state index < -0.39 is 0 Å². The molecule has 4 rings (SSSR count). The lowest BCUT2D eigenvalue weighted by Crippen LogP contribution is -2.50. The van der Waals surface area contributed by atoms with Crippen molar-refractivity contribution in [3.05, 3.63) is 70.9 Å². The smallest absolute Gasteiger partial charge is 0.263 e. The summed E-state index contributed by atoms with van der Waals surface area (Å²) >= 11 is 0. The molecule has 1 amide bonds. The number of piperazine rings is 1. The summed E-state index contributed by atoms with van der Waals surface area (Å²) in [5.41, 5.74) is 1.74. The van der Waals surface area contributed by atoms with Crippen LogP contribution < -0.4 is 15.2 Å². The van der Waals surface area contributed by atoms with Crippen molar-refractivity contribution < 1.29 is 9.53 Å². The molecule has 1 aromatic carbocycles. The monoisotopic (exact) mass is 405 g/mol. The van der Waals surface area contributed by atoms with Crippen LogP contribution in [0.15, 0.2) is 59.8 Å². The van der Waals surface area contributed by atoms with Crippen LogP contribution in [0.4, 0.5) is 5.82 Å². The van der Waals surface area contributed by atoms with E-state index in [9.17, 15) is 9.59 Å². The number of anilines is 1. The maximum atomic E-state index is 12.8. The van der Waals surface area contributed by atoms with Crippen molar-refractivity contribution in [2.45, 2.75) is 0 Å². The fourth-order valence-corrected chi connectivity index (χ4v) is 3.51. The number of rotatable bonds is 4. The molecule has 1 fully saturated rings. The summed E-state index contributed by atoms with van der Waals surface area (Å²) in [6.45, 7) is 2.33. The summed E-state index contributed by atoms with van der Waals surface area (Å²) in [6.07, 6.45) is 3.20. The summed E-state index contributed by atoms with van der Waals surface area (Å²) in [4.78, 5) is 37.6. The second-order valence-electron chi connectivity index (χ2n) is 7.11. The van der Waals surface area contributed by atoms with E-state index in [1.165, 1.54) is 4.57 Å². The fourth-order valence-electron chi connectivity index (χ4n) is 3.51. The molecule has 154 valence electrons. The molecule has 0 radical (unpaired) electrons. The first kappa shape index (κ1) is 19.6. The molecule has 0 bridgehead atoms. The minimum atomic E-state index is -0.273. The van der Waals surface area contributed by atoms with Crippen LogP contribution in [0.2, 0.25) is 0 Å². The van der Waals surface area contributed by atoms with Gasteiger partial charge in [-0.2, -0.15) is 0 Å². The van der Waals surface area contributed by atoms with Crippen molar-refractivity contribution in [2.24, 2.45) is 7.05 Å². The van der Waals surface area contributed by atoms with Crippen LogP contribution in [0.25, 0.3) is 11.3 Å². The Kier molecular flexibility index (Phi) is 5.47. The van der Waals surface area contributed by atoms with Gasteiger partial charge in [0.15, 0.2) is 0 Å². The molecular formula is C22H23N5O3. The number of carbonyl (C=O) groups excluding carboxylic acids is 1. The fraction of sp³-hybridized carbons (Fsp3) is 0.273. The Morgan fingerprint density at radius 2 is 1.77 bits per heavy atom. The highest BCUT2D eigenvalue weighted by atomic mass is 16.5. The van der Waals surface area contributed by atoms with Gasteiger partial charge in [-0.1, -0.05) is 0 Å². The zero-order valence-corrected chi connectivity index (χ0v) is 17.0. The van der Waals surface area contributed by atoms with E-state index in [1.54, 1.807) is 43.7 Å². The lowest BCUT2D eigenvalue weighted by Gasteiger charge is -2.35. The van der Waals surface area contributed by atoms with Gasteiger partial charge in [0.25, 0.3) is 11.5 Å². The lowest BCUT2D eigenvalue weighted by molar-refractivity contribution is 0.0744. The molecule has 1 aliphatic heterocycles. The molecule has 1 aliphatic rings. The van der Waals surface area contributed by atoms with Crippen molar-refractivity contribution in [3.8, 4) is 17.0 Å². The third-order valence-corrected chi connectivity index (χ3v) is 5.28. The van der Waals surface area contributed by atoms with Gasteiger partial charge in [-0.05, 0) is 36.4 Å². The molecular weight excluding hydrogens is 382 g/mol. The van der Waals surface area contributed by atoms with Gasteiger partial charge in [-0.25, -0.2) is 9.97 Å². The maximum absolute atomic E-state index is 12.8.